The molecule has 0 unspecified atom stereocenters. The summed E-state index contributed by atoms with van der Waals surface area (Å²) in [5, 5.41) is 10.1. The summed E-state index contributed by atoms with van der Waals surface area (Å²) in [5.41, 5.74) is 0. The van der Waals surface area contributed by atoms with Crippen LogP contribution in [0.2, 0.25) is 18.0 Å². The quantitative estimate of drug-likeness (QED) is 0.594. The normalized spacial score (nSPS) is 14.8. The molecule has 16 heavy (non-hydrogen) atoms. The van der Waals surface area contributed by atoms with E-state index in [1.807, 2.05) is 0 Å². The van der Waals surface area contributed by atoms with Crippen molar-refractivity contribution in [2.24, 2.45) is 0 Å². The third-order valence-electron chi connectivity index (χ3n) is 4.19. The van der Waals surface area contributed by atoms with Gasteiger partial charge in [-0.25, -0.2) is 0 Å². The van der Waals surface area contributed by atoms with E-state index in [-0.39, 0.29) is 0 Å². The van der Waals surface area contributed by atoms with Gasteiger partial charge in [0.2, 0.25) is 0 Å². The first-order valence-corrected chi connectivity index (χ1v) is 10.8. The second-order valence-electron chi connectivity index (χ2n) is 7.99. The van der Waals surface area contributed by atoms with E-state index in [1.165, 1.54) is 0 Å². The Morgan fingerprint density at radius 2 is 1.00 bits per heavy atom. The first-order valence-electron chi connectivity index (χ1n) is 6.18. The molecule has 0 atom stereocenters. The zero-order valence-corrected chi connectivity index (χ0v) is 14.8. The summed E-state index contributed by atoms with van der Waals surface area (Å²) in [4.78, 5) is 0. The summed E-state index contributed by atoms with van der Waals surface area (Å²) in [5.74, 6) is 0. The van der Waals surface area contributed by atoms with Gasteiger partial charge < -0.3 is 0 Å². The molecule has 0 aliphatic heterocycles. The van der Waals surface area contributed by atoms with Crippen molar-refractivity contribution in [3.05, 3.63) is 0 Å². The molecule has 0 saturated carbocycles. The first kappa shape index (κ1) is 16.0. The number of nitrogens with zero attached hydrogens (tertiary/aromatic N) is 1. The van der Waals surface area contributed by atoms with Crippen LogP contribution in [0.3, 0.4) is 0 Å². The van der Waals surface area contributed by atoms with E-state index in [0.717, 1.165) is 5.25 Å². The van der Waals surface area contributed by atoms with Crippen LogP contribution in [0, 0.1) is 11.3 Å². The number of hydrogen-bond acceptors (Lipinski definition) is 1. The molecule has 0 aromatic carbocycles. The van der Waals surface area contributed by atoms with E-state index in [9.17, 15) is 5.26 Å². The molecule has 0 aliphatic rings. The molecular formula is C14H29GeN. The van der Waals surface area contributed by atoms with Crippen LogP contribution in [0.1, 0.15) is 62.3 Å². The van der Waals surface area contributed by atoms with Crippen LogP contribution in [-0.4, -0.2) is 13.3 Å². The Hall–Kier alpha value is 0.0329. The van der Waals surface area contributed by atoms with E-state index >= 15 is 0 Å². The van der Waals surface area contributed by atoms with Gasteiger partial charge in [-0.2, -0.15) is 0 Å². The van der Waals surface area contributed by atoms with E-state index in [4.69, 9.17) is 0 Å². The molecule has 0 spiro atoms. The van der Waals surface area contributed by atoms with Gasteiger partial charge in [0.25, 0.3) is 0 Å². The average Bonchev–Trinajstić information content (AvgIpc) is 1.91. The number of nitriles is 1. The molecule has 0 radical (unpaired) electrons. The van der Waals surface area contributed by atoms with Crippen molar-refractivity contribution >= 4 is 13.3 Å². The van der Waals surface area contributed by atoms with Gasteiger partial charge in [-0.05, 0) is 0 Å². The standard InChI is InChI=1S/C14H29GeN/c1-12(2,3)15(10-11-16,13(4,5)6)14(7,8)9/h10H2,1-9H3. The van der Waals surface area contributed by atoms with Crippen LogP contribution < -0.4 is 0 Å². The van der Waals surface area contributed by atoms with Crippen molar-refractivity contribution in [1.29, 1.82) is 5.26 Å². The van der Waals surface area contributed by atoms with Crippen LogP contribution >= 0.6 is 0 Å². The second-order valence-corrected chi connectivity index (χ2v) is 22.0. The van der Waals surface area contributed by atoms with Gasteiger partial charge in [-0.15, -0.1) is 0 Å². The van der Waals surface area contributed by atoms with Gasteiger partial charge in [0, 0.05) is 0 Å². The fourth-order valence-corrected chi connectivity index (χ4v) is 22.3. The summed E-state index contributed by atoms with van der Waals surface area (Å²) in [6.07, 6.45) is 0. The Balaban J connectivity index is 5.95. The van der Waals surface area contributed by atoms with Crippen LogP contribution in [-0.2, 0) is 0 Å². The summed E-state index contributed by atoms with van der Waals surface area (Å²) in [6, 6.07) is 2.51. The van der Waals surface area contributed by atoms with Crippen molar-refractivity contribution in [3.8, 4) is 6.07 Å². The molecule has 94 valence electrons. The minimum absolute atomic E-state index is 0.298. The zero-order chi connectivity index (χ0) is 13.4. The molecule has 0 aromatic rings. The monoisotopic (exact) mass is 285 g/mol. The van der Waals surface area contributed by atoms with Gasteiger partial charge in [0.15, 0.2) is 0 Å². The molecular weight excluding hydrogens is 255 g/mol. The molecule has 0 saturated heterocycles. The second kappa shape index (κ2) is 4.37. The summed E-state index contributed by atoms with van der Waals surface area (Å²) in [6.45, 7) is 21.1. The molecule has 0 fully saturated rings. The molecule has 0 N–H and O–H groups in total. The fourth-order valence-electron chi connectivity index (χ4n) is 4.29. The topological polar surface area (TPSA) is 23.8 Å². The molecule has 0 heterocycles. The van der Waals surface area contributed by atoms with Gasteiger partial charge in [0.1, 0.15) is 0 Å². The van der Waals surface area contributed by atoms with E-state index in [0.29, 0.717) is 12.7 Å². The summed E-state index contributed by atoms with van der Waals surface area (Å²) in [7, 11) is 0. The Bertz CT molecular complexity index is 242. The fraction of sp³-hybridized carbons (Fsp3) is 0.929. The Morgan fingerprint density at radius 3 is 1.06 bits per heavy atom. The SMILES string of the molecule is C[C](C)(C)[Ge]([CH2]C#N)([C](C)(C)C)[C](C)(C)C. The molecule has 2 heteroatoms. The molecule has 1 nitrogen and oxygen atoms in total. The van der Waals surface area contributed by atoms with Crippen molar-refractivity contribution in [2.45, 2.75) is 80.3 Å². The molecule has 0 amide bonds. The third-order valence-corrected chi connectivity index (χ3v) is 21.7. The van der Waals surface area contributed by atoms with Gasteiger partial charge in [-0.3, -0.25) is 0 Å². The maximum absolute atomic E-state index is 9.29. The van der Waals surface area contributed by atoms with Gasteiger partial charge in [0.05, 0.1) is 0 Å². The van der Waals surface area contributed by atoms with Crippen LogP contribution in [0.4, 0.5) is 0 Å². The maximum atomic E-state index is 9.29. The minimum atomic E-state index is -2.38. The molecule has 0 aromatic heterocycles. The van der Waals surface area contributed by atoms with Crippen molar-refractivity contribution in [3.63, 3.8) is 0 Å². The first-order chi connectivity index (χ1) is 6.81. The van der Waals surface area contributed by atoms with E-state index < -0.39 is 13.3 Å². The number of rotatable bonds is 1. The molecule has 0 rings (SSSR count). The predicted molar refractivity (Wildman–Crippen MR) is 75.3 cm³/mol. The van der Waals surface area contributed by atoms with E-state index in [1.54, 1.807) is 0 Å². The van der Waals surface area contributed by atoms with Crippen molar-refractivity contribution in [1.82, 2.24) is 0 Å². The summed E-state index contributed by atoms with van der Waals surface area (Å²) >= 11 is -2.38. The third kappa shape index (κ3) is 2.48. The summed E-state index contributed by atoms with van der Waals surface area (Å²) < 4.78 is 0.894. The Labute approximate surface area is 105 Å². The number of hydrogen-bond donors (Lipinski definition) is 0. The van der Waals surface area contributed by atoms with Crippen LogP contribution in [0.5, 0.6) is 0 Å². The van der Waals surface area contributed by atoms with Crippen molar-refractivity contribution < 1.29 is 0 Å². The van der Waals surface area contributed by atoms with Gasteiger partial charge >= 0.3 is 105 Å². The van der Waals surface area contributed by atoms with Crippen molar-refractivity contribution in [2.75, 3.05) is 0 Å². The van der Waals surface area contributed by atoms with Crippen LogP contribution in [0.25, 0.3) is 0 Å². The Kier molecular flexibility index (Phi) is 4.38. The Morgan fingerprint density at radius 1 is 0.750 bits per heavy atom. The van der Waals surface area contributed by atoms with E-state index in [2.05, 4.69) is 68.4 Å². The molecule has 0 bridgehead atoms. The predicted octanol–water partition coefficient (Wildman–Crippen LogP) is 5.36. The average molecular weight is 284 g/mol. The zero-order valence-electron chi connectivity index (χ0n) is 12.7. The van der Waals surface area contributed by atoms with Gasteiger partial charge in [-0.1, -0.05) is 0 Å². The molecule has 0 aliphatic carbocycles. The van der Waals surface area contributed by atoms with Crippen LogP contribution in [0.15, 0.2) is 0 Å².